The van der Waals surface area contributed by atoms with Crippen molar-refractivity contribution in [3.63, 3.8) is 0 Å². The first-order valence-corrected chi connectivity index (χ1v) is 12.0. The Balaban J connectivity index is 1.71. The summed E-state index contributed by atoms with van der Waals surface area (Å²) in [4.78, 5) is 38.6. The van der Waals surface area contributed by atoms with Crippen molar-refractivity contribution in [2.24, 2.45) is 5.73 Å². The molecule has 0 radical (unpaired) electrons. The minimum Gasteiger partial charge on any atom is -0.497 e. The summed E-state index contributed by atoms with van der Waals surface area (Å²) in [7, 11) is -2.19. The standard InChI is InChI=1S/C20H23N3O6S2/c1-12(24)23-9-7-15-16(11-23)30-20(18(15)19(21)26)22-17(25)8-10-31(27,28)14-5-3-13(29-2)4-6-14/h3-6H,7-11H2,1-2H3,(H2,21,26)(H,22,25). The van der Waals surface area contributed by atoms with E-state index in [0.29, 0.717) is 25.3 Å². The molecule has 3 rings (SSSR count). The zero-order valence-corrected chi connectivity index (χ0v) is 18.8. The number of sulfone groups is 1. The number of ether oxygens (including phenoxy) is 1. The molecular formula is C20H23N3O6S2. The molecule has 1 aliphatic rings. The van der Waals surface area contributed by atoms with Crippen molar-refractivity contribution in [3.05, 3.63) is 40.3 Å². The minimum absolute atomic E-state index is 0.0750. The molecule has 0 saturated heterocycles. The van der Waals surface area contributed by atoms with Crippen LogP contribution in [0.25, 0.3) is 0 Å². The Kier molecular flexibility index (Phi) is 6.65. The first-order valence-electron chi connectivity index (χ1n) is 9.49. The average molecular weight is 466 g/mol. The fraction of sp³-hybridized carbons (Fsp3) is 0.350. The molecule has 31 heavy (non-hydrogen) atoms. The second-order valence-corrected chi connectivity index (χ2v) is 10.3. The van der Waals surface area contributed by atoms with Gasteiger partial charge in [0, 0.05) is 24.8 Å². The van der Waals surface area contributed by atoms with Crippen molar-refractivity contribution < 1.29 is 27.5 Å². The van der Waals surface area contributed by atoms with Gasteiger partial charge in [0.15, 0.2) is 9.84 Å². The van der Waals surface area contributed by atoms with E-state index in [9.17, 15) is 22.8 Å². The van der Waals surface area contributed by atoms with Crippen LogP contribution in [0.1, 0.15) is 34.1 Å². The molecule has 0 fully saturated rings. The van der Waals surface area contributed by atoms with Crippen molar-refractivity contribution in [1.82, 2.24) is 4.90 Å². The fourth-order valence-electron chi connectivity index (χ4n) is 3.34. The smallest absolute Gasteiger partial charge is 0.251 e. The zero-order chi connectivity index (χ0) is 22.8. The van der Waals surface area contributed by atoms with E-state index in [-0.39, 0.29) is 33.5 Å². The van der Waals surface area contributed by atoms with Crippen molar-refractivity contribution in [2.45, 2.75) is 31.2 Å². The summed E-state index contributed by atoms with van der Waals surface area (Å²) in [6.45, 7) is 2.28. The Morgan fingerprint density at radius 2 is 1.90 bits per heavy atom. The number of rotatable bonds is 7. The summed E-state index contributed by atoms with van der Waals surface area (Å²) in [5.41, 5.74) is 6.49. The van der Waals surface area contributed by atoms with Crippen LogP contribution >= 0.6 is 11.3 Å². The molecule has 3 N–H and O–H groups in total. The maximum atomic E-state index is 12.5. The summed E-state index contributed by atoms with van der Waals surface area (Å²) < 4.78 is 30.0. The van der Waals surface area contributed by atoms with Crippen LogP contribution in [0, 0.1) is 0 Å². The number of hydrogen-bond acceptors (Lipinski definition) is 7. The van der Waals surface area contributed by atoms with E-state index in [1.165, 1.54) is 49.6 Å². The Labute approximate surface area is 184 Å². The van der Waals surface area contributed by atoms with Gasteiger partial charge in [0.25, 0.3) is 5.91 Å². The van der Waals surface area contributed by atoms with Crippen LogP contribution in [0.15, 0.2) is 29.2 Å². The van der Waals surface area contributed by atoms with E-state index in [2.05, 4.69) is 5.32 Å². The molecule has 9 nitrogen and oxygen atoms in total. The average Bonchev–Trinajstić information content (AvgIpc) is 3.09. The minimum atomic E-state index is -3.67. The number of fused-ring (bicyclic) bond motifs is 1. The van der Waals surface area contributed by atoms with Crippen LogP contribution in [-0.4, -0.2) is 50.4 Å². The monoisotopic (exact) mass is 465 g/mol. The highest BCUT2D eigenvalue weighted by atomic mass is 32.2. The zero-order valence-electron chi connectivity index (χ0n) is 17.1. The van der Waals surface area contributed by atoms with E-state index in [1.807, 2.05) is 0 Å². The maximum Gasteiger partial charge on any atom is 0.251 e. The predicted molar refractivity (Wildman–Crippen MR) is 116 cm³/mol. The lowest BCUT2D eigenvalue weighted by molar-refractivity contribution is -0.129. The third-order valence-corrected chi connectivity index (χ3v) is 7.88. The van der Waals surface area contributed by atoms with Gasteiger partial charge in [0.1, 0.15) is 10.8 Å². The van der Waals surface area contributed by atoms with Crippen LogP contribution < -0.4 is 15.8 Å². The summed E-state index contributed by atoms with van der Waals surface area (Å²) in [5, 5.41) is 2.91. The molecule has 0 saturated carbocycles. The van der Waals surface area contributed by atoms with Gasteiger partial charge in [-0.25, -0.2) is 8.42 Å². The quantitative estimate of drug-likeness (QED) is 0.637. The lowest BCUT2D eigenvalue weighted by Crippen LogP contribution is -2.34. The van der Waals surface area contributed by atoms with Crippen LogP contribution in [0.2, 0.25) is 0 Å². The molecular weight excluding hydrogens is 442 g/mol. The van der Waals surface area contributed by atoms with Crippen LogP contribution in [-0.2, 0) is 32.4 Å². The topological polar surface area (TPSA) is 136 Å². The van der Waals surface area contributed by atoms with Gasteiger partial charge in [-0.3, -0.25) is 14.4 Å². The van der Waals surface area contributed by atoms with Crippen molar-refractivity contribution in [3.8, 4) is 5.75 Å². The normalized spacial score (nSPS) is 13.4. The van der Waals surface area contributed by atoms with Gasteiger partial charge >= 0.3 is 0 Å². The summed E-state index contributed by atoms with van der Waals surface area (Å²) in [5.74, 6) is -1.15. The molecule has 0 spiro atoms. The number of hydrogen-bond donors (Lipinski definition) is 2. The summed E-state index contributed by atoms with van der Waals surface area (Å²) in [6.07, 6.45) is 0.181. The first-order chi connectivity index (χ1) is 14.6. The second-order valence-electron chi connectivity index (χ2n) is 7.06. The molecule has 0 bridgehead atoms. The molecule has 1 aromatic carbocycles. The molecule has 0 atom stereocenters. The number of nitrogens with zero attached hydrogens (tertiary/aromatic N) is 1. The highest BCUT2D eigenvalue weighted by molar-refractivity contribution is 7.91. The maximum absolute atomic E-state index is 12.5. The number of benzene rings is 1. The highest BCUT2D eigenvalue weighted by Crippen LogP contribution is 2.37. The molecule has 1 aliphatic heterocycles. The lowest BCUT2D eigenvalue weighted by atomic mass is 10.0. The third-order valence-electron chi connectivity index (χ3n) is 5.02. The third kappa shape index (κ3) is 5.05. The number of carbonyl (C=O) groups is 3. The largest absolute Gasteiger partial charge is 0.497 e. The molecule has 0 unspecified atom stereocenters. The summed E-state index contributed by atoms with van der Waals surface area (Å²) >= 11 is 1.18. The van der Waals surface area contributed by atoms with E-state index >= 15 is 0 Å². The van der Waals surface area contributed by atoms with Crippen LogP contribution in [0.3, 0.4) is 0 Å². The number of primary amides is 1. The molecule has 2 aromatic rings. The Morgan fingerprint density at radius 3 is 2.48 bits per heavy atom. The van der Waals surface area contributed by atoms with Gasteiger partial charge in [-0.1, -0.05) is 0 Å². The molecule has 1 aromatic heterocycles. The van der Waals surface area contributed by atoms with E-state index in [4.69, 9.17) is 10.5 Å². The number of thiophene rings is 1. The highest BCUT2D eigenvalue weighted by Gasteiger charge is 2.28. The van der Waals surface area contributed by atoms with Gasteiger partial charge in [0.05, 0.1) is 29.9 Å². The van der Waals surface area contributed by atoms with Crippen molar-refractivity contribution in [2.75, 3.05) is 24.7 Å². The van der Waals surface area contributed by atoms with Gasteiger partial charge in [-0.2, -0.15) is 0 Å². The molecule has 166 valence electrons. The number of amides is 3. The summed E-state index contributed by atoms with van der Waals surface area (Å²) in [6, 6.07) is 5.91. The number of anilines is 1. The van der Waals surface area contributed by atoms with Crippen LogP contribution in [0.5, 0.6) is 5.75 Å². The Morgan fingerprint density at radius 1 is 1.23 bits per heavy atom. The first kappa shape index (κ1) is 22.8. The molecule has 0 aliphatic carbocycles. The molecule has 2 heterocycles. The van der Waals surface area contributed by atoms with E-state index < -0.39 is 21.7 Å². The predicted octanol–water partition coefficient (Wildman–Crippen LogP) is 1.56. The molecule has 11 heteroatoms. The Hall–Kier alpha value is -2.92. The number of carbonyl (C=O) groups excluding carboxylic acids is 3. The van der Waals surface area contributed by atoms with Gasteiger partial charge in [-0.05, 0) is 36.2 Å². The van der Waals surface area contributed by atoms with Crippen molar-refractivity contribution >= 4 is 43.9 Å². The van der Waals surface area contributed by atoms with Crippen LogP contribution in [0.4, 0.5) is 5.00 Å². The van der Waals surface area contributed by atoms with Crippen molar-refractivity contribution in [1.29, 1.82) is 0 Å². The lowest BCUT2D eigenvalue weighted by Gasteiger charge is -2.25. The molecule has 3 amide bonds. The van der Waals surface area contributed by atoms with Gasteiger partial charge in [0.2, 0.25) is 11.8 Å². The fourth-order valence-corrected chi connectivity index (χ4v) is 5.86. The number of methoxy groups -OCH3 is 1. The van der Waals surface area contributed by atoms with E-state index in [1.54, 1.807) is 4.90 Å². The van der Waals surface area contributed by atoms with Gasteiger partial charge < -0.3 is 20.7 Å². The Bertz CT molecular complexity index is 1120. The number of nitrogens with two attached hydrogens (primary N) is 1. The van der Waals surface area contributed by atoms with Gasteiger partial charge in [-0.15, -0.1) is 11.3 Å². The number of nitrogens with one attached hydrogen (secondary N) is 1. The SMILES string of the molecule is COc1ccc(S(=O)(=O)CCC(=O)Nc2sc3c(c2C(N)=O)CCN(C(C)=O)C3)cc1. The second kappa shape index (κ2) is 9.06. The van der Waals surface area contributed by atoms with E-state index in [0.717, 1.165) is 10.4 Å².